The Balaban J connectivity index is 2.06. The second-order valence-corrected chi connectivity index (χ2v) is 5.37. The van der Waals surface area contributed by atoms with Crippen molar-refractivity contribution < 1.29 is 9.50 Å². The smallest absolute Gasteiger partial charge is 0.323 e. The van der Waals surface area contributed by atoms with Gasteiger partial charge >= 0.3 is 5.69 Å². The third-order valence-electron chi connectivity index (χ3n) is 3.11. The summed E-state index contributed by atoms with van der Waals surface area (Å²) in [6, 6.07) is 9.43. The van der Waals surface area contributed by atoms with Crippen LogP contribution in [0.1, 0.15) is 17.2 Å². The van der Waals surface area contributed by atoms with Gasteiger partial charge in [-0.15, -0.1) is 0 Å². The van der Waals surface area contributed by atoms with Crippen LogP contribution in [0.15, 0.2) is 45.7 Å². The lowest BCUT2D eigenvalue weighted by atomic mass is 10.0. The van der Waals surface area contributed by atoms with Crippen LogP contribution in [0, 0.1) is 5.82 Å². The molecule has 0 amide bonds. The van der Waals surface area contributed by atoms with Crippen LogP contribution in [0.4, 0.5) is 4.39 Å². The molecule has 0 saturated carbocycles. The van der Waals surface area contributed by atoms with Gasteiger partial charge < -0.3 is 15.1 Å². The zero-order chi connectivity index (χ0) is 14.3. The molecule has 0 aliphatic carbocycles. The van der Waals surface area contributed by atoms with Crippen molar-refractivity contribution in [3.8, 4) is 0 Å². The van der Waals surface area contributed by atoms with Gasteiger partial charge in [0.05, 0.1) is 11.0 Å². The standard InChI is InChI=1S/C14H10BrFN2O2/c15-8-2-3-9(10(16)6-8)13(19)7-1-4-11-12(5-7)18-14(20)17-11/h1-6,13,19H,(H2,17,18,20). The van der Waals surface area contributed by atoms with Crippen molar-refractivity contribution in [3.05, 3.63) is 68.3 Å². The second kappa shape index (κ2) is 4.88. The molecule has 20 heavy (non-hydrogen) atoms. The van der Waals surface area contributed by atoms with E-state index in [1.807, 2.05) is 0 Å². The highest BCUT2D eigenvalue weighted by atomic mass is 79.9. The van der Waals surface area contributed by atoms with Gasteiger partial charge in [0, 0.05) is 10.0 Å². The summed E-state index contributed by atoms with van der Waals surface area (Å²) >= 11 is 3.17. The van der Waals surface area contributed by atoms with Crippen molar-refractivity contribution in [1.29, 1.82) is 0 Å². The third kappa shape index (κ3) is 2.28. The highest BCUT2D eigenvalue weighted by molar-refractivity contribution is 9.10. The van der Waals surface area contributed by atoms with Crippen LogP contribution in [-0.4, -0.2) is 15.1 Å². The minimum Gasteiger partial charge on any atom is -0.384 e. The molecule has 3 rings (SSSR count). The SMILES string of the molecule is O=c1[nH]c2ccc(C(O)c3ccc(Br)cc3F)cc2[nH]1. The van der Waals surface area contributed by atoms with E-state index in [1.165, 1.54) is 12.1 Å². The number of aromatic amines is 2. The largest absolute Gasteiger partial charge is 0.384 e. The summed E-state index contributed by atoms with van der Waals surface area (Å²) < 4.78 is 14.5. The summed E-state index contributed by atoms with van der Waals surface area (Å²) in [5.74, 6) is -0.491. The Morgan fingerprint density at radius 3 is 2.60 bits per heavy atom. The zero-order valence-electron chi connectivity index (χ0n) is 10.2. The van der Waals surface area contributed by atoms with E-state index in [-0.39, 0.29) is 11.3 Å². The van der Waals surface area contributed by atoms with E-state index >= 15 is 0 Å². The van der Waals surface area contributed by atoms with E-state index in [2.05, 4.69) is 25.9 Å². The molecule has 0 aliphatic heterocycles. The number of halogens is 2. The van der Waals surface area contributed by atoms with E-state index in [0.717, 1.165) is 0 Å². The molecule has 2 aromatic carbocycles. The summed E-state index contributed by atoms with van der Waals surface area (Å²) in [7, 11) is 0. The van der Waals surface area contributed by atoms with Crippen molar-refractivity contribution in [2.45, 2.75) is 6.10 Å². The molecule has 0 radical (unpaired) electrons. The van der Waals surface area contributed by atoms with E-state index in [1.54, 1.807) is 24.3 Å². The van der Waals surface area contributed by atoms with Crippen molar-refractivity contribution in [3.63, 3.8) is 0 Å². The molecule has 102 valence electrons. The molecule has 0 spiro atoms. The van der Waals surface area contributed by atoms with Gasteiger partial charge in [-0.3, -0.25) is 0 Å². The number of H-pyrrole nitrogens is 2. The first-order valence-corrected chi connectivity index (χ1v) is 6.69. The number of imidazole rings is 1. The molecule has 0 saturated heterocycles. The number of hydrogen-bond donors (Lipinski definition) is 3. The van der Waals surface area contributed by atoms with Gasteiger partial charge in [0.15, 0.2) is 0 Å². The van der Waals surface area contributed by atoms with Gasteiger partial charge in [0.25, 0.3) is 0 Å². The van der Waals surface area contributed by atoms with Crippen LogP contribution in [-0.2, 0) is 0 Å². The van der Waals surface area contributed by atoms with Gasteiger partial charge in [-0.2, -0.15) is 0 Å². The molecule has 1 aromatic heterocycles. The summed E-state index contributed by atoms with van der Waals surface area (Å²) in [4.78, 5) is 16.4. The van der Waals surface area contributed by atoms with Crippen LogP contribution >= 0.6 is 15.9 Å². The van der Waals surface area contributed by atoms with Crippen molar-refractivity contribution in [2.24, 2.45) is 0 Å². The van der Waals surface area contributed by atoms with E-state index < -0.39 is 11.9 Å². The Morgan fingerprint density at radius 2 is 1.85 bits per heavy atom. The van der Waals surface area contributed by atoms with Gasteiger partial charge in [-0.25, -0.2) is 9.18 Å². The molecule has 0 aliphatic rings. The summed E-state index contributed by atoms with van der Waals surface area (Å²) in [5.41, 5.74) is 1.59. The van der Waals surface area contributed by atoms with Crippen LogP contribution in [0.3, 0.4) is 0 Å². The van der Waals surface area contributed by atoms with Gasteiger partial charge in [-0.1, -0.05) is 28.1 Å². The van der Waals surface area contributed by atoms with Crippen molar-refractivity contribution in [2.75, 3.05) is 0 Å². The number of rotatable bonds is 2. The fourth-order valence-electron chi connectivity index (χ4n) is 2.12. The highest BCUT2D eigenvalue weighted by Gasteiger charge is 2.16. The quantitative estimate of drug-likeness (QED) is 0.673. The number of aliphatic hydroxyl groups is 1. The molecule has 0 bridgehead atoms. The maximum Gasteiger partial charge on any atom is 0.323 e. The lowest BCUT2D eigenvalue weighted by Gasteiger charge is -2.12. The highest BCUT2D eigenvalue weighted by Crippen LogP contribution is 2.27. The van der Waals surface area contributed by atoms with Gasteiger partial charge in [0.2, 0.25) is 0 Å². The summed E-state index contributed by atoms with van der Waals surface area (Å²) in [6.45, 7) is 0. The number of aromatic nitrogens is 2. The number of fused-ring (bicyclic) bond motifs is 1. The van der Waals surface area contributed by atoms with Crippen LogP contribution in [0.25, 0.3) is 11.0 Å². The maximum absolute atomic E-state index is 13.9. The lowest BCUT2D eigenvalue weighted by Crippen LogP contribution is -2.02. The molecule has 4 nitrogen and oxygen atoms in total. The van der Waals surface area contributed by atoms with E-state index in [4.69, 9.17) is 0 Å². The van der Waals surface area contributed by atoms with Crippen LogP contribution < -0.4 is 5.69 Å². The fraction of sp³-hybridized carbons (Fsp3) is 0.0714. The Bertz CT molecular complexity index is 841. The monoisotopic (exact) mass is 336 g/mol. The molecule has 1 unspecified atom stereocenters. The van der Waals surface area contributed by atoms with Crippen molar-refractivity contribution >= 4 is 27.0 Å². The third-order valence-corrected chi connectivity index (χ3v) is 3.61. The Kier molecular flexibility index (Phi) is 3.19. The molecular weight excluding hydrogens is 327 g/mol. The van der Waals surface area contributed by atoms with E-state index in [0.29, 0.717) is 21.1 Å². The minimum absolute atomic E-state index is 0.186. The van der Waals surface area contributed by atoms with Crippen LogP contribution in [0.2, 0.25) is 0 Å². The number of nitrogens with one attached hydrogen (secondary N) is 2. The van der Waals surface area contributed by atoms with Gasteiger partial charge in [0.1, 0.15) is 11.9 Å². The maximum atomic E-state index is 13.9. The summed E-state index contributed by atoms with van der Waals surface area (Å²) in [5, 5.41) is 10.3. The predicted octanol–water partition coefficient (Wildman–Crippen LogP) is 2.84. The second-order valence-electron chi connectivity index (χ2n) is 4.45. The summed E-state index contributed by atoms with van der Waals surface area (Å²) in [6.07, 6.45) is -1.09. The number of aliphatic hydroxyl groups excluding tert-OH is 1. The Labute approximate surface area is 121 Å². The predicted molar refractivity (Wildman–Crippen MR) is 77.1 cm³/mol. The van der Waals surface area contributed by atoms with Crippen LogP contribution in [0.5, 0.6) is 0 Å². The fourth-order valence-corrected chi connectivity index (χ4v) is 2.46. The Morgan fingerprint density at radius 1 is 1.10 bits per heavy atom. The molecule has 0 fully saturated rings. The normalized spacial score (nSPS) is 12.8. The van der Waals surface area contributed by atoms with Gasteiger partial charge in [-0.05, 0) is 29.8 Å². The van der Waals surface area contributed by atoms with E-state index in [9.17, 15) is 14.3 Å². The molecule has 1 atom stereocenters. The first kappa shape index (κ1) is 13.1. The number of hydrogen-bond acceptors (Lipinski definition) is 2. The average molecular weight is 337 g/mol. The average Bonchev–Trinajstić information content (AvgIpc) is 2.77. The lowest BCUT2D eigenvalue weighted by molar-refractivity contribution is 0.215. The molecular formula is C14H10BrFN2O2. The number of benzene rings is 2. The zero-order valence-corrected chi connectivity index (χ0v) is 11.7. The van der Waals surface area contributed by atoms with Crippen molar-refractivity contribution in [1.82, 2.24) is 9.97 Å². The topological polar surface area (TPSA) is 68.9 Å². The molecule has 1 heterocycles. The molecule has 3 aromatic rings. The molecule has 6 heteroatoms. The first-order chi connectivity index (χ1) is 9.54. The molecule has 3 N–H and O–H groups in total. The Hall–Kier alpha value is -1.92. The first-order valence-electron chi connectivity index (χ1n) is 5.89. The minimum atomic E-state index is -1.09.